The normalized spacial score (nSPS) is 38.2. The summed E-state index contributed by atoms with van der Waals surface area (Å²) >= 11 is 1.23. The van der Waals surface area contributed by atoms with E-state index in [4.69, 9.17) is 4.74 Å². The van der Waals surface area contributed by atoms with Gasteiger partial charge >= 0.3 is 0 Å². The zero-order valence-electron chi connectivity index (χ0n) is 21.8. The van der Waals surface area contributed by atoms with Crippen LogP contribution < -0.4 is 0 Å². The Morgan fingerprint density at radius 3 is 2.64 bits per heavy atom. The third kappa shape index (κ3) is 4.16. The molecule has 0 aromatic carbocycles. The molecule has 3 fully saturated rings. The number of thiophene rings is 1. The monoisotopic (exact) mass is 535 g/mol. The molecule has 0 aliphatic heterocycles. The lowest BCUT2D eigenvalue weighted by atomic mass is 9.50. The van der Waals surface area contributed by atoms with Crippen molar-refractivity contribution in [3.05, 3.63) is 40.8 Å². The van der Waals surface area contributed by atoms with Crippen LogP contribution in [-0.4, -0.2) is 61.4 Å². The highest BCUT2D eigenvalue weighted by Crippen LogP contribution is 2.66. The smallest absolute Gasteiger partial charge is 0.252 e. The van der Waals surface area contributed by atoms with Crippen LogP contribution in [-0.2, 0) is 14.8 Å². The number of methoxy groups -OCH3 is 1. The summed E-state index contributed by atoms with van der Waals surface area (Å²) in [4.78, 5) is 0. The van der Waals surface area contributed by atoms with E-state index in [-0.39, 0.29) is 29.4 Å². The lowest BCUT2D eigenvalue weighted by Gasteiger charge is -2.56. The van der Waals surface area contributed by atoms with Gasteiger partial charge in [0.1, 0.15) is 4.21 Å². The fraction of sp³-hybridized carbons (Fsp3) is 0.714. The molecule has 8 heteroatoms. The van der Waals surface area contributed by atoms with E-state index in [2.05, 4.69) is 26.0 Å². The number of rotatable bonds is 8. The van der Waals surface area contributed by atoms with E-state index in [0.717, 1.165) is 38.5 Å². The third-order valence-corrected chi connectivity index (χ3v) is 13.4. The maximum atomic E-state index is 13.6. The first kappa shape index (κ1) is 26.6. The molecule has 0 saturated heterocycles. The van der Waals surface area contributed by atoms with E-state index in [9.17, 15) is 18.6 Å². The van der Waals surface area contributed by atoms with Crippen molar-refractivity contribution >= 4 is 21.4 Å². The van der Waals surface area contributed by atoms with Gasteiger partial charge in [-0.25, -0.2) is 8.42 Å². The second kappa shape index (κ2) is 9.62. The van der Waals surface area contributed by atoms with Crippen molar-refractivity contribution in [2.24, 2.45) is 22.7 Å². The Morgan fingerprint density at radius 2 is 1.92 bits per heavy atom. The Morgan fingerprint density at radius 1 is 1.14 bits per heavy atom. The van der Waals surface area contributed by atoms with E-state index in [0.29, 0.717) is 36.1 Å². The number of allylic oxidation sites excluding steroid dienone is 3. The minimum absolute atomic E-state index is 0.0834. The number of nitrogens with zero attached hydrogens (tertiary/aromatic N) is 1. The molecule has 5 rings (SSSR count). The van der Waals surface area contributed by atoms with Gasteiger partial charge in [0.25, 0.3) is 10.0 Å². The highest BCUT2D eigenvalue weighted by Gasteiger charge is 2.62. The van der Waals surface area contributed by atoms with Crippen LogP contribution in [0.1, 0.15) is 65.2 Å². The van der Waals surface area contributed by atoms with Crippen molar-refractivity contribution in [1.82, 2.24) is 4.31 Å². The molecule has 0 unspecified atom stereocenters. The molecule has 1 aromatic heterocycles. The summed E-state index contributed by atoms with van der Waals surface area (Å²) in [5, 5.41) is 24.3. The van der Waals surface area contributed by atoms with Gasteiger partial charge in [-0.3, -0.25) is 0 Å². The van der Waals surface area contributed by atoms with E-state index in [1.54, 1.807) is 24.6 Å². The topological polar surface area (TPSA) is 87.1 Å². The Balaban J connectivity index is 1.44. The van der Waals surface area contributed by atoms with E-state index in [1.807, 2.05) is 0 Å². The largest absolute Gasteiger partial charge is 0.393 e. The van der Waals surface area contributed by atoms with Gasteiger partial charge in [0.2, 0.25) is 0 Å². The van der Waals surface area contributed by atoms with Crippen LogP contribution in [0.15, 0.2) is 45.0 Å². The second-order valence-corrected chi connectivity index (χ2v) is 15.0. The lowest BCUT2D eigenvalue weighted by molar-refractivity contribution is -0.0929. The molecule has 0 bridgehead atoms. The van der Waals surface area contributed by atoms with Crippen LogP contribution in [0.3, 0.4) is 0 Å². The molecule has 2 N–H and O–H groups in total. The van der Waals surface area contributed by atoms with Gasteiger partial charge in [0, 0.05) is 32.2 Å². The molecule has 200 valence electrons. The van der Waals surface area contributed by atoms with Gasteiger partial charge in [-0.05, 0) is 80.1 Å². The molecule has 0 spiro atoms. The highest BCUT2D eigenvalue weighted by molar-refractivity contribution is 7.91. The van der Waals surface area contributed by atoms with Gasteiger partial charge in [0.05, 0.1) is 11.7 Å². The molecule has 1 heterocycles. The average Bonchev–Trinajstić information content (AvgIpc) is 3.47. The fourth-order valence-electron chi connectivity index (χ4n) is 7.85. The number of aliphatic hydroxyl groups is 2. The van der Waals surface area contributed by atoms with Gasteiger partial charge < -0.3 is 14.9 Å². The average molecular weight is 536 g/mol. The summed E-state index contributed by atoms with van der Waals surface area (Å²) in [6, 6.07) is 3.41. The number of hydrogen-bond donors (Lipinski definition) is 2. The highest BCUT2D eigenvalue weighted by atomic mass is 32.2. The van der Waals surface area contributed by atoms with Gasteiger partial charge in [-0.1, -0.05) is 43.2 Å². The van der Waals surface area contributed by atoms with Crippen LogP contribution in [0.25, 0.3) is 0 Å². The van der Waals surface area contributed by atoms with Crippen LogP contribution in [0, 0.1) is 22.7 Å². The molecular formula is C28H41NO5S2. The first-order valence-corrected chi connectivity index (χ1v) is 15.7. The standard InChI is InChI=1S/C28H41NO5S2/c1-26-12-9-21(30)18-20(26)7-8-22-23(26)10-13-27(2)24(22)11-14-28(27,31)19-29(15-5-16-34-3)36(32,33)25-6-4-17-35-25/h4,6-8,17,21,23-24,30-31H,5,9-16,18-19H2,1-3H3/t21-,23-,24-,26-,27-,28+/m0/s1. The first-order valence-electron chi connectivity index (χ1n) is 13.4. The Labute approximate surface area is 220 Å². The molecule has 3 saturated carbocycles. The molecule has 36 heavy (non-hydrogen) atoms. The quantitative estimate of drug-likeness (QED) is 0.469. The van der Waals surface area contributed by atoms with E-state index >= 15 is 0 Å². The third-order valence-electron chi connectivity index (χ3n) is 10.2. The summed E-state index contributed by atoms with van der Waals surface area (Å²) in [7, 11) is -2.07. The van der Waals surface area contributed by atoms with Crippen LogP contribution in [0.2, 0.25) is 0 Å². The van der Waals surface area contributed by atoms with Crippen molar-refractivity contribution in [3.8, 4) is 0 Å². The maximum absolute atomic E-state index is 13.6. The van der Waals surface area contributed by atoms with E-state index in [1.165, 1.54) is 26.8 Å². The molecule has 4 aliphatic rings. The SMILES string of the molecule is COCCCN(C[C@]1(O)CC[C@H]2C3=CC=C4C[C@@H](O)CC[C@]4(C)[C@H]3CC[C@@]21C)S(=O)(=O)c1cccs1. The van der Waals surface area contributed by atoms with Gasteiger partial charge in [-0.15, -0.1) is 11.3 Å². The van der Waals surface area contributed by atoms with Crippen molar-refractivity contribution in [1.29, 1.82) is 0 Å². The summed E-state index contributed by atoms with van der Waals surface area (Å²) in [5.41, 5.74) is 1.43. The molecule has 4 aliphatic carbocycles. The maximum Gasteiger partial charge on any atom is 0.252 e. The molecule has 6 atom stereocenters. The molecule has 0 amide bonds. The lowest BCUT2D eigenvalue weighted by Crippen LogP contribution is -2.56. The Kier molecular flexibility index (Phi) is 7.10. The van der Waals surface area contributed by atoms with Crippen LogP contribution in [0.4, 0.5) is 0 Å². The van der Waals surface area contributed by atoms with Crippen molar-refractivity contribution in [2.45, 2.75) is 81.1 Å². The van der Waals surface area contributed by atoms with Crippen molar-refractivity contribution < 1.29 is 23.4 Å². The Bertz CT molecular complexity index is 1130. The van der Waals surface area contributed by atoms with Crippen LogP contribution in [0.5, 0.6) is 0 Å². The predicted molar refractivity (Wildman–Crippen MR) is 142 cm³/mol. The zero-order valence-corrected chi connectivity index (χ0v) is 23.4. The van der Waals surface area contributed by atoms with Gasteiger partial charge in [-0.2, -0.15) is 4.31 Å². The Hall–Kier alpha value is -1.03. The summed E-state index contributed by atoms with van der Waals surface area (Å²) in [6.07, 6.45) is 10.8. The van der Waals surface area contributed by atoms with E-state index < -0.39 is 15.6 Å². The van der Waals surface area contributed by atoms with Gasteiger partial charge in [0.15, 0.2) is 0 Å². The fourth-order valence-corrected chi connectivity index (χ4v) is 10.5. The zero-order chi connectivity index (χ0) is 25.8. The van der Waals surface area contributed by atoms with Crippen molar-refractivity contribution in [2.75, 3.05) is 26.8 Å². The molecule has 6 nitrogen and oxygen atoms in total. The molecule has 0 radical (unpaired) electrons. The number of sulfonamides is 1. The number of aliphatic hydroxyl groups excluding tert-OH is 1. The molecular weight excluding hydrogens is 494 g/mol. The summed E-state index contributed by atoms with van der Waals surface area (Å²) in [6.45, 7) is 5.49. The minimum atomic E-state index is -3.69. The second-order valence-electron chi connectivity index (χ2n) is 11.9. The summed E-state index contributed by atoms with van der Waals surface area (Å²) in [5.74, 6) is 0.686. The first-order chi connectivity index (χ1) is 17.0. The number of ether oxygens (including phenoxy) is 1. The summed E-state index contributed by atoms with van der Waals surface area (Å²) < 4.78 is 34.2. The molecule has 1 aromatic rings. The number of fused-ring (bicyclic) bond motifs is 5. The van der Waals surface area contributed by atoms with Crippen molar-refractivity contribution in [3.63, 3.8) is 0 Å². The van der Waals surface area contributed by atoms with Crippen LogP contribution >= 0.6 is 11.3 Å². The minimum Gasteiger partial charge on any atom is -0.393 e. The predicted octanol–water partition coefficient (Wildman–Crippen LogP) is 4.75. The number of hydrogen-bond acceptors (Lipinski definition) is 6.